The van der Waals surface area contributed by atoms with Gasteiger partial charge in [0.2, 0.25) is 11.8 Å². The van der Waals surface area contributed by atoms with Crippen molar-refractivity contribution < 1.29 is 19.8 Å². The number of thiazole rings is 2. The summed E-state index contributed by atoms with van der Waals surface area (Å²) in [6.45, 7) is 0.0663. The number of nitrogens with zero attached hydrogens (tertiary/aromatic N) is 4. The van der Waals surface area contributed by atoms with E-state index in [9.17, 15) is 9.59 Å². The molecule has 1 unspecified atom stereocenters. The first kappa shape index (κ1) is 35.0. The van der Waals surface area contributed by atoms with Gasteiger partial charge in [-0.3, -0.25) is 9.59 Å². The summed E-state index contributed by atoms with van der Waals surface area (Å²) in [7, 11) is 0. The molecule has 8 rings (SSSR count). The Morgan fingerprint density at radius 3 is 1.38 bits per heavy atom. The molecule has 50 heavy (non-hydrogen) atoms. The molecule has 256 valence electrons. The van der Waals surface area contributed by atoms with Crippen molar-refractivity contribution in [3.05, 3.63) is 81.0 Å². The lowest BCUT2D eigenvalue weighted by molar-refractivity contribution is -0.118. The third-order valence-electron chi connectivity index (χ3n) is 8.43. The predicted octanol–water partition coefficient (Wildman–Crippen LogP) is 8.46. The topological polar surface area (TPSA) is 150 Å². The Kier molecular flexibility index (Phi) is 10.2. The fraction of sp³-hybridized carbons (Fsp3) is 0.235. The maximum absolute atomic E-state index is 12.3. The van der Waals surface area contributed by atoms with Gasteiger partial charge >= 0.3 is 0 Å². The fourth-order valence-electron chi connectivity index (χ4n) is 5.47. The molecule has 2 aliphatic rings. The van der Waals surface area contributed by atoms with Gasteiger partial charge in [-0.25, -0.2) is 19.9 Å². The summed E-state index contributed by atoms with van der Waals surface area (Å²) in [5.74, 6) is 0.516. The molecular weight excluding hydrogens is 762 g/mol. The smallest absolute Gasteiger partial charge is 0.229 e. The van der Waals surface area contributed by atoms with Crippen LogP contribution < -0.4 is 10.6 Å². The lowest BCUT2D eigenvalue weighted by Crippen LogP contribution is -2.16. The number of hydrogen-bond acceptors (Lipinski definition) is 10. The molecule has 0 radical (unpaired) electrons. The second-order valence-electron chi connectivity index (χ2n) is 11.8. The number of carbonyl (C=O) groups excluding carboxylic acids is 2. The first-order valence-corrected chi connectivity index (χ1v) is 18.5. The van der Waals surface area contributed by atoms with E-state index in [1.165, 1.54) is 22.7 Å². The third-order valence-corrected chi connectivity index (χ3v) is 11.9. The Labute approximate surface area is 313 Å². The summed E-state index contributed by atoms with van der Waals surface area (Å²) in [6, 6.07) is 14.2. The number of benzene rings is 2. The zero-order valence-corrected chi connectivity index (χ0v) is 30.4. The minimum atomic E-state index is -0.146. The summed E-state index contributed by atoms with van der Waals surface area (Å²) in [4.78, 5) is 42.2. The Hall–Kier alpha value is -3.46. The highest BCUT2D eigenvalue weighted by Crippen LogP contribution is 2.44. The zero-order chi connectivity index (χ0) is 35.1. The standard InChI is InChI=1S/2C17H13Cl2N3O2S/c2*18-10-2-1-3-11(19)13(10)17-21-12-4-5-20-15(14(12)25-17)22-16(24)9-6-8(9)7-23/h2*1-5,8-9,23H,6-7H2,(H,20,22,24)/t8-,9?;8-,9-/m01/s1. The minimum Gasteiger partial charge on any atom is -0.396 e. The number of aliphatic hydroxyl groups is 2. The number of fused-ring (bicyclic) bond motifs is 2. The number of carbonyl (C=O) groups is 2. The Bertz CT molecular complexity index is 2070. The van der Waals surface area contributed by atoms with Gasteiger partial charge in [-0.05, 0) is 61.1 Å². The van der Waals surface area contributed by atoms with Crippen LogP contribution in [0.25, 0.3) is 41.6 Å². The molecule has 10 nitrogen and oxygen atoms in total. The van der Waals surface area contributed by atoms with Crippen molar-refractivity contribution in [2.45, 2.75) is 12.8 Å². The van der Waals surface area contributed by atoms with Crippen molar-refractivity contribution in [2.24, 2.45) is 23.7 Å². The number of aromatic nitrogens is 4. The van der Waals surface area contributed by atoms with Gasteiger partial charge in [-0.15, -0.1) is 22.7 Å². The van der Waals surface area contributed by atoms with E-state index < -0.39 is 0 Å². The van der Waals surface area contributed by atoms with Crippen LogP contribution in [0.3, 0.4) is 0 Å². The number of rotatable bonds is 8. The average Bonchev–Trinajstić information content (AvgIpc) is 3.98. The number of aliphatic hydroxyl groups excluding tert-OH is 2. The van der Waals surface area contributed by atoms with Gasteiger partial charge < -0.3 is 20.8 Å². The van der Waals surface area contributed by atoms with Crippen molar-refractivity contribution in [1.82, 2.24) is 19.9 Å². The molecule has 4 heterocycles. The number of nitrogens with one attached hydrogen (secondary N) is 2. The van der Waals surface area contributed by atoms with Crippen LogP contribution in [-0.2, 0) is 9.59 Å². The third kappa shape index (κ3) is 7.17. The number of amides is 2. The molecule has 0 spiro atoms. The van der Waals surface area contributed by atoms with Crippen LogP contribution in [-0.4, -0.2) is 55.2 Å². The van der Waals surface area contributed by atoms with Crippen molar-refractivity contribution in [3.63, 3.8) is 0 Å². The highest BCUT2D eigenvalue weighted by atomic mass is 35.5. The van der Waals surface area contributed by atoms with Gasteiger partial charge in [0, 0.05) is 48.6 Å². The van der Waals surface area contributed by atoms with Crippen LogP contribution in [0, 0.1) is 23.7 Å². The molecule has 4 atom stereocenters. The van der Waals surface area contributed by atoms with Crippen molar-refractivity contribution in [1.29, 1.82) is 0 Å². The van der Waals surface area contributed by atoms with Gasteiger partial charge in [0.05, 0.1) is 40.5 Å². The van der Waals surface area contributed by atoms with Crippen molar-refractivity contribution >= 4 is 113 Å². The van der Waals surface area contributed by atoms with E-state index in [1.807, 2.05) is 0 Å². The van der Waals surface area contributed by atoms with Crippen LogP contribution >= 0.6 is 69.1 Å². The Balaban J connectivity index is 0.000000157. The number of halogens is 4. The number of pyridine rings is 2. The van der Waals surface area contributed by atoms with Gasteiger partial charge in [-0.1, -0.05) is 58.5 Å². The van der Waals surface area contributed by atoms with E-state index in [2.05, 4.69) is 30.6 Å². The van der Waals surface area contributed by atoms with E-state index in [0.29, 0.717) is 65.7 Å². The second kappa shape index (κ2) is 14.6. The van der Waals surface area contributed by atoms with Gasteiger partial charge in [-0.2, -0.15) is 0 Å². The quantitative estimate of drug-likeness (QED) is 0.120. The van der Waals surface area contributed by atoms with Crippen LogP contribution in [0.2, 0.25) is 20.1 Å². The molecule has 4 N–H and O–H groups in total. The Morgan fingerprint density at radius 1 is 0.660 bits per heavy atom. The second-order valence-corrected chi connectivity index (χ2v) is 15.4. The average molecular weight is 789 g/mol. The molecule has 0 aliphatic heterocycles. The monoisotopic (exact) mass is 786 g/mol. The first-order valence-electron chi connectivity index (χ1n) is 15.4. The predicted molar refractivity (Wildman–Crippen MR) is 200 cm³/mol. The van der Waals surface area contributed by atoms with Crippen molar-refractivity contribution in [3.8, 4) is 21.1 Å². The molecule has 2 amide bonds. The molecule has 2 aliphatic carbocycles. The number of hydrogen-bond donors (Lipinski definition) is 4. The molecule has 0 saturated heterocycles. The first-order chi connectivity index (χ1) is 24.2. The largest absolute Gasteiger partial charge is 0.396 e. The SMILES string of the molecule is O=C(Nc1nccc2nc(-c3c(Cl)cccc3Cl)sc12)C1C[C@H]1CO.O=C(Nc1nccc2nc(-c3c(Cl)cccc3Cl)sc12)[C@@H]1C[C@@H]1CO. The minimum absolute atomic E-state index is 0.0332. The normalized spacial score (nSPS) is 19.2. The lowest BCUT2D eigenvalue weighted by Gasteiger charge is -2.04. The van der Waals surface area contributed by atoms with Crippen LogP contribution in [0.15, 0.2) is 60.9 Å². The summed E-state index contributed by atoms with van der Waals surface area (Å²) in [5.41, 5.74) is 2.78. The van der Waals surface area contributed by atoms with E-state index >= 15 is 0 Å². The summed E-state index contributed by atoms with van der Waals surface area (Å²) >= 11 is 27.8. The summed E-state index contributed by atoms with van der Waals surface area (Å²) in [6.07, 6.45) is 4.63. The zero-order valence-electron chi connectivity index (χ0n) is 25.7. The van der Waals surface area contributed by atoms with E-state index in [0.717, 1.165) is 20.4 Å². The molecule has 16 heteroatoms. The van der Waals surface area contributed by atoms with E-state index in [1.54, 1.807) is 60.9 Å². The van der Waals surface area contributed by atoms with Gasteiger partial charge in [0.25, 0.3) is 0 Å². The Morgan fingerprint density at radius 2 is 1.04 bits per heavy atom. The molecule has 6 aromatic rings. The highest BCUT2D eigenvalue weighted by molar-refractivity contribution is 7.22. The fourth-order valence-corrected chi connectivity index (χ4v) is 9.00. The maximum atomic E-state index is 12.3. The van der Waals surface area contributed by atoms with E-state index in [-0.39, 0.29) is 48.7 Å². The summed E-state index contributed by atoms with van der Waals surface area (Å²) < 4.78 is 1.53. The van der Waals surface area contributed by atoms with Crippen LogP contribution in [0.5, 0.6) is 0 Å². The molecular formula is C34H26Cl4N6O4S2. The van der Waals surface area contributed by atoms with Crippen molar-refractivity contribution in [2.75, 3.05) is 23.8 Å². The molecule has 2 aromatic carbocycles. The van der Waals surface area contributed by atoms with Gasteiger partial charge in [0.15, 0.2) is 11.6 Å². The molecule has 4 aromatic heterocycles. The highest BCUT2D eigenvalue weighted by Gasteiger charge is 2.43. The number of anilines is 2. The molecule has 2 saturated carbocycles. The maximum Gasteiger partial charge on any atom is 0.229 e. The molecule has 2 fully saturated rings. The van der Waals surface area contributed by atoms with E-state index in [4.69, 9.17) is 56.6 Å². The lowest BCUT2D eigenvalue weighted by atomic mass is 10.2. The van der Waals surface area contributed by atoms with Gasteiger partial charge in [0.1, 0.15) is 10.0 Å². The summed E-state index contributed by atoms with van der Waals surface area (Å²) in [5, 5.41) is 27.4. The van der Waals surface area contributed by atoms with Crippen LogP contribution in [0.1, 0.15) is 12.8 Å². The van der Waals surface area contributed by atoms with Crippen LogP contribution in [0.4, 0.5) is 11.6 Å². The molecule has 0 bridgehead atoms.